The van der Waals surface area contributed by atoms with Crippen molar-refractivity contribution in [2.24, 2.45) is 0 Å². The van der Waals surface area contributed by atoms with Crippen LogP contribution in [0.3, 0.4) is 0 Å². The molecule has 0 aliphatic carbocycles. The molecule has 1 heterocycles. The minimum atomic E-state index is -1.54. The molecule has 0 unspecified atom stereocenters. The predicted octanol–water partition coefficient (Wildman–Crippen LogP) is -0.0228. The third kappa shape index (κ3) is 1.77. The van der Waals surface area contributed by atoms with Crippen LogP contribution in [0.1, 0.15) is 12.5 Å². The molecule has 0 spiro atoms. The first-order chi connectivity index (χ1) is 5.66. The molecule has 64 valence electrons. The summed E-state index contributed by atoms with van der Waals surface area (Å²) in [5.41, 5.74) is 1.12. The van der Waals surface area contributed by atoms with Gasteiger partial charge in [0.05, 0.1) is 0 Å². The van der Waals surface area contributed by atoms with E-state index in [0.717, 1.165) is 5.56 Å². The molecule has 0 aliphatic heterocycles. The van der Waals surface area contributed by atoms with Crippen molar-refractivity contribution >= 4 is 24.2 Å². The van der Waals surface area contributed by atoms with Gasteiger partial charge in [-0.25, -0.2) is 4.98 Å². The molecule has 1 aromatic heterocycles. The first kappa shape index (κ1) is 9.51. The highest BCUT2D eigenvalue weighted by atomic mass is 35.5. The Balaban J connectivity index is 3.20. The zero-order chi connectivity index (χ0) is 9.14. The Kier molecular flexibility index (Phi) is 3.09. The Morgan fingerprint density at radius 1 is 1.58 bits per heavy atom. The fraction of sp³-hybridized carbons (Fsp3) is 0.286. The van der Waals surface area contributed by atoms with E-state index in [2.05, 4.69) is 4.98 Å². The van der Waals surface area contributed by atoms with E-state index in [9.17, 15) is 0 Å². The van der Waals surface area contributed by atoms with Gasteiger partial charge < -0.3 is 10.0 Å². The average molecular weight is 185 g/mol. The standard InChI is InChI=1S/C7H9BClNO2/c1-2-5-3-4-10-7(9)6(5)8(11)12/h3-4,11-12H,2H2,1H3. The fourth-order valence-electron chi connectivity index (χ4n) is 1.07. The largest absolute Gasteiger partial charge is 0.491 e. The van der Waals surface area contributed by atoms with Gasteiger partial charge in [-0.15, -0.1) is 0 Å². The van der Waals surface area contributed by atoms with E-state index in [0.29, 0.717) is 11.9 Å². The van der Waals surface area contributed by atoms with Gasteiger partial charge in [-0.3, -0.25) is 0 Å². The van der Waals surface area contributed by atoms with E-state index in [1.165, 1.54) is 0 Å². The van der Waals surface area contributed by atoms with Crippen molar-refractivity contribution < 1.29 is 10.0 Å². The SMILES string of the molecule is CCc1ccnc(Cl)c1B(O)O. The van der Waals surface area contributed by atoms with Crippen molar-refractivity contribution in [1.82, 2.24) is 4.98 Å². The molecular formula is C7H9BClNO2. The van der Waals surface area contributed by atoms with Crippen LogP contribution in [-0.2, 0) is 6.42 Å². The van der Waals surface area contributed by atoms with Gasteiger partial charge in [0.25, 0.3) is 0 Å². The van der Waals surface area contributed by atoms with Crippen LogP contribution >= 0.6 is 11.6 Å². The van der Waals surface area contributed by atoms with Gasteiger partial charge in [0.2, 0.25) is 0 Å². The Bertz CT molecular complexity index is 280. The van der Waals surface area contributed by atoms with Crippen LogP contribution in [0.2, 0.25) is 5.15 Å². The van der Waals surface area contributed by atoms with Gasteiger partial charge in [0.1, 0.15) is 5.15 Å². The van der Waals surface area contributed by atoms with Gasteiger partial charge in [0.15, 0.2) is 0 Å². The van der Waals surface area contributed by atoms with Crippen molar-refractivity contribution in [1.29, 1.82) is 0 Å². The van der Waals surface area contributed by atoms with E-state index in [-0.39, 0.29) is 5.15 Å². The maximum Gasteiger partial charge on any atom is 0.491 e. The molecule has 5 heteroatoms. The van der Waals surface area contributed by atoms with Gasteiger partial charge >= 0.3 is 7.12 Å². The topological polar surface area (TPSA) is 53.4 Å². The molecule has 12 heavy (non-hydrogen) atoms. The maximum atomic E-state index is 8.95. The number of nitrogens with zero attached hydrogens (tertiary/aromatic N) is 1. The predicted molar refractivity (Wildman–Crippen MR) is 48.5 cm³/mol. The number of rotatable bonds is 2. The van der Waals surface area contributed by atoms with E-state index < -0.39 is 7.12 Å². The summed E-state index contributed by atoms with van der Waals surface area (Å²) < 4.78 is 0. The molecule has 2 N–H and O–H groups in total. The zero-order valence-electron chi connectivity index (χ0n) is 6.66. The second-order valence-electron chi connectivity index (χ2n) is 2.40. The lowest BCUT2D eigenvalue weighted by Gasteiger charge is -2.06. The van der Waals surface area contributed by atoms with Crippen molar-refractivity contribution in [3.8, 4) is 0 Å². The summed E-state index contributed by atoms with van der Waals surface area (Å²) in [7, 11) is -1.54. The van der Waals surface area contributed by atoms with Gasteiger partial charge in [-0.05, 0) is 18.1 Å². The van der Waals surface area contributed by atoms with E-state index in [1.807, 2.05) is 6.92 Å². The smallest absolute Gasteiger partial charge is 0.423 e. The number of halogens is 1. The second-order valence-corrected chi connectivity index (χ2v) is 2.76. The van der Waals surface area contributed by atoms with Gasteiger partial charge in [-0.1, -0.05) is 18.5 Å². The summed E-state index contributed by atoms with van der Waals surface area (Å²) in [6.45, 7) is 1.91. The normalized spacial score (nSPS) is 10.0. The molecule has 0 amide bonds. The fourth-order valence-corrected chi connectivity index (χ4v) is 1.34. The summed E-state index contributed by atoms with van der Waals surface area (Å²) in [5, 5.41) is 18.1. The summed E-state index contributed by atoms with van der Waals surface area (Å²) in [6.07, 6.45) is 2.25. The molecule has 1 aromatic rings. The van der Waals surface area contributed by atoms with Crippen LogP contribution in [0.15, 0.2) is 12.3 Å². The third-order valence-electron chi connectivity index (χ3n) is 1.67. The molecule has 0 aromatic carbocycles. The lowest BCUT2D eigenvalue weighted by molar-refractivity contribution is 0.425. The first-order valence-electron chi connectivity index (χ1n) is 3.66. The number of pyridine rings is 1. The number of hydrogen-bond donors (Lipinski definition) is 2. The highest BCUT2D eigenvalue weighted by Gasteiger charge is 2.19. The molecular weight excluding hydrogens is 176 g/mol. The van der Waals surface area contributed by atoms with Crippen LogP contribution in [0.4, 0.5) is 0 Å². The molecule has 0 fully saturated rings. The van der Waals surface area contributed by atoms with Gasteiger partial charge in [-0.2, -0.15) is 0 Å². The second kappa shape index (κ2) is 3.89. The van der Waals surface area contributed by atoms with Crippen LogP contribution in [0.5, 0.6) is 0 Å². The molecule has 0 atom stereocenters. The minimum absolute atomic E-state index is 0.157. The molecule has 0 aliphatic rings. The van der Waals surface area contributed by atoms with Crippen molar-refractivity contribution in [3.63, 3.8) is 0 Å². The molecule has 0 saturated heterocycles. The van der Waals surface area contributed by atoms with E-state index in [4.69, 9.17) is 21.6 Å². The quantitative estimate of drug-likeness (QED) is 0.503. The minimum Gasteiger partial charge on any atom is -0.423 e. The Morgan fingerprint density at radius 2 is 2.25 bits per heavy atom. The lowest BCUT2D eigenvalue weighted by atomic mass is 9.77. The monoisotopic (exact) mass is 185 g/mol. The Labute approximate surface area is 76.2 Å². The van der Waals surface area contributed by atoms with Crippen molar-refractivity contribution in [3.05, 3.63) is 23.0 Å². The lowest BCUT2D eigenvalue weighted by Crippen LogP contribution is -2.34. The molecule has 0 radical (unpaired) electrons. The summed E-state index contributed by atoms with van der Waals surface area (Å²) >= 11 is 5.67. The first-order valence-corrected chi connectivity index (χ1v) is 4.04. The Hall–Kier alpha value is -0.575. The third-order valence-corrected chi connectivity index (χ3v) is 1.97. The molecule has 3 nitrogen and oxygen atoms in total. The summed E-state index contributed by atoms with van der Waals surface area (Å²) in [4.78, 5) is 3.75. The van der Waals surface area contributed by atoms with Crippen LogP contribution in [0.25, 0.3) is 0 Å². The van der Waals surface area contributed by atoms with Crippen molar-refractivity contribution in [2.45, 2.75) is 13.3 Å². The van der Waals surface area contributed by atoms with Crippen LogP contribution in [0, 0.1) is 0 Å². The molecule has 1 rings (SSSR count). The zero-order valence-corrected chi connectivity index (χ0v) is 7.41. The number of aryl methyl sites for hydroxylation is 1. The van der Waals surface area contributed by atoms with E-state index >= 15 is 0 Å². The maximum absolute atomic E-state index is 8.95. The number of hydrogen-bond acceptors (Lipinski definition) is 3. The van der Waals surface area contributed by atoms with Gasteiger partial charge in [0, 0.05) is 11.7 Å². The molecule has 0 bridgehead atoms. The summed E-state index contributed by atoms with van der Waals surface area (Å²) in [6, 6.07) is 1.72. The highest BCUT2D eigenvalue weighted by molar-refractivity contribution is 6.63. The van der Waals surface area contributed by atoms with Crippen molar-refractivity contribution in [2.75, 3.05) is 0 Å². The molecule has 0 saturated carbocycles. The van der Waals surface area contributed by atoms with Crippen LogP contribution < -0.4 is 5.46 Å². The summed E-state index contributed by atoms with van der Waals surface area (Å²) in [5.74, 6) is 0. The Morgan fingerprint density at radius 3 is 2.67 bits per heavy atom. The number of aromatic nitrogens is 1. The highest BCUT2D eigenvalue weighted by Crippen LogP contribution is 2.05. The average Bonchev–Trinajstić information content (AvgIpc) is 2.03. The van der Waals surface area contributed by atoms with Crippen LogP contribution in [-0.4, -0.2) is 22.2 Å². The van der Waals surface area contributed by atoms with E-state index in [1.54, 1.807) is 12.3 Å².